The Balaban J connectivity index is 2.06. The van der Waals surface area contributed by atoms with Crippen LogP contribution in [0.4, 0.5) is 0 Å². The molecule has 0 saturated carbocycles. The number of ether oxygens (including phenoxy) is 3. The van der Waals surface area contributed by atoms with E-state index in [4.69, 9.17) is 18.7 Å². The second-order valence-electron chi connectivity index (χ2n) is 4.82. The van der Waals surface area contributed by atoms with Crippen LogP contribution in [-0.4, -0.2) is 31.5 Å². The van der Waals surface area contributed by atoms with Gasteiger partial charge in [-0.15, -0.1) is 0 Å². The van der Waals surface area contributed by atoms with Crippen molar-refractivity contribution < 1.29 is 18.7 Å². The summed E-state index contributed by atoms with van der Waals surface area (Å²) in [4.78, 5) is 4.46. The number of nitrogens with zero attached hydrogens (tertiary/aromatic N) is 2. The van der Waals surface area contributed by atoms with Crippen molar-refractivity contribution in [3.05, 3.63) is 40.9 Å². The van der Waals surface area contributed by atoms with Crippen molar-refractivity contribution in [3.8, 4) is 40.1 Å². The van der Waals surface area contributed by atoms with E-state index in [0.717, 1.165) is 10.0 Å². The quantitative estimate of drug-likeness (QED) is 0.650. The first-order chi connectivity index (χ1) is 11.7. The van der Waals surface area contributed by atoms with Crippen molar-refractivity contribution in [1.82, 2.24) is 10.1 Å². The fraction of sp³-hybridized carbons (Fsp3) is 0.176. The van der Waals surface area contributed by atoms with Gasteiger partial charge in [0.2, 0.25) is 11.6 Å². The lowest BCUT2D eigenvalue weighted by Crippen LogP contribution is -1.96. The maximum Gasteiger partial charge on any atom is 0.259 e. The van der Waals surface area contributed by atoms with E-state index < -0.39 is 0 Å². The van der Waals surface area contributed by atoms with Gasteiger partial charge in [0, 0.05) is 10.0 Å². The normalized spacial score (nSPS) is 10.5. The fourth-order valence-corrected chi connectivity index (χ4v) is 2.75. The molecule has 0 aliphatic carbocycles. The van der Waals surface area contributed by atoms with Gasteiger partial charge in [0.1, 0.15) is 0 Å². The highest BCUT2D eigenvalue weighted by molar-refractivity contribution is 9.10. The summed E-state index contributed by atoms with van der Waals surface area (Å²) < 4.78 is 22.3. The van der Waals surface area contributed by atoms with Crippen LogP contribution in [0.5, 0.6) is 17.2 Å². The van der Waals surface area contributed by atoms with Crippen molar-refractivity contribution in [2.45, 2.75) is 0 Å². The second kappa shape index (κ2) is 6.92. The highest BCUT2D eigenvalue weighted by atomic mass is 79.9. The average molecular weight is 391 g/mol. The minimum absolute atomic E-state index is 0.422. The average Bonchev–Trinajstić information content (AvgIpc) is 3.10. The number of benzene rings is 2. The van der Waals surface area contributed by atoms with Crippen LogP contribution >= 0.6 is 15.9 Å². The van der Waals surface area contributed by atoms with Crippen LogP contribution in [0, 0.1) is 0 Å². The molecule has 3 rings (SSSR count). The Hall–Kier alpha value is -2.54. The monoisotopic (exact) mass is 390 g/mol. The van der Waals surface area contributed by atoms with E-state index in [2.05, 4.69) is 26.1 Å². The van der Waals surface area contributed by atoms with Gasteiger partial charge in [-0.1, -0.05) is 17.3 Å². The molecule has 0 radical (unpaired) electrons. The van der Waals surface area contributed by atoms with E-state index in [1.807, 2.05) is 24.3 Å². The number of hydrogen-bond acceptors (Lipinski definition) is 6. The number of hydrogen-bond donors (Lipinski definition) is 0. The zero-order valence-corrected chi connectivity index (χ0v) is 15.0. The van der Waals surface area contributed by atoms with E-state index in [1.165, 1.54) is 0 Å². The summed E-state index contributed by atoms with van der Waals surface area (Å²) >= 11 is 3.48. The molecule has 0 saturated heterocycles. The van der Waals surface area contributed by atoms with E-state index >= 15 is 0 Å². The van der Waals surface area contributed by atoms with Crippen molar-refractivity contribution >= 4 is 15.9 Å². The van der Waals surface area contributed by atoms with Crippen LogP contribution in [0.15, 0.2) is 45.4 Å². The highest BCUT2D eigenvalue weighted by Gasteiger charge is 2.18. The molecule has 0 bridgehead atoms. The van der Waals surface area contributed by atoms with Crippen LogP contribution in [0.3, 0.4) is 0 Å². The van der Waals surface area contributed by atoms with Crippen molar-refractivity contribution in [1.29, 1.82) is 0 Å². The van der Waals surface area contributed by atoms with E-state index in [1.54, 1.807) is 33.5 Å². The first-order valence-electron chi connectivity index (χ1n) is 7.07. The third-order valence-electron chi connectivity index (χ3n) is 3.45. The van der Waals surface area contributed by atoms with Crippen LogP contribution < -0.4 is 14.2 Å². The summed E-state index contributed by atoms with van der Waals surface area (Å²) in [6.07, 6.45) is 0. The van der Waals surface area contributed by atoms with Gasteiger partial charge in [0.15, 0.2) is 11.5 Å². The van der Waals surface area contributed by atoms with E-state index in [0.29, 0.717) is 34.5 Å². The summed E-state index contributed by atoms with van der Waals surface area (Å²) in [5.41, 5.74) is 1.52. The van der Waals surface area contributed by atoms with Gasteiger partial charge >= 0.3 is 0 Å². The predicted molar refractivity (Wildman–Crippen MR) is 92.5 cm³/mol. The fourth-order valence-electron chi connectivity index (χ4n) is 2.29. The van der Waals surface area contributed by atoms with Crippen molar-refractivity contribution in [3.63, 3.8) is 0 Å². The van der Waals surface area contributed by atoms with Gasteiger partial charge < -0.3 is 18.7 Å². The molecule has 3 aromatic rings. The number of methoxy groups -OCH3 is 3. The van der Waals surface area contributed by atoms with Gasteiger partial charge in [0.25, 0.3) is 5.89 Å². The zero-order valence-electron chi connectivity index (χ0n) is 13.4. The van der Waals surface area contributed by atoms with Gasteiger partial charge in [0.05, 0.1) is 26.9 Å². The zero-order chi connectivity index (χ0) is 17.1. The molecule has 0 fully saturated rings. The molecule has 1 aromatic heterocycles. The molecule has 0 aliphatic rings. The smallest absolute Gasteiger partial charge is 0.259 e. The van der Waals surface area contributed by atoms with Gasteiger partial charge in [-0.05, 0) is 40.2 Å². The van der Waals surface area contributed by atoms with Gasteiger partial charge in [-0.25, -0.2) is 0 Å². The molecule has 6 nitrogen and oxygen atoms in total. The molecular weight excluding hydrogens is 376 g/mol. The van der Waals surface area contributed by atoms with Crippen LogP contribution in [0.25, 0.3) is 22.8 Å². The molecule has 0 spiro atoms. The van der Waals surface area contributed by atoms with Gasteiger partial charge in [-0.2, -0.15) is 4.98 Å². The third kappa shape index (κ3) is 2.94. The molecule has 0 aliphatic heterocycles. The summed E-state index contributed by atoms with van der Waals surface area (Å²) in [6, 6.07) is 11.2. The second-order valence-corrected chi connectivity index (χ2v) is 5.67. The molecule has 0 amide bonds. The largest absolute Gasteiger partial charge is 0.493 e. The number of halogens is 1. The third-order valence-corrected chi connectivity index (χ3v) is 4.14. The Bertz CT molecular complexity index is 838. The number of rotatable bonds is 5. The Labute approximate surface area is 147 Å². The molecule has 24 heavy (non-hydrogen) atoms. The predicted octanol–water partition coefficient (Wildman–Crippen LogP) is 4.19. The maximum absolute atomic E-state index is 5.39. The SMILES string of the molecule is COc1cc(-c2noc(-c3ccccc3Br)n2)cc(OC)c1OC. The molecule has 0 unspecified atom stereocenters. The van der Waals surface area contributed by atoms with Crippen LogP contribution in [0.2, 0.25) is 0 Å². The Morgan fingerprint density at radius 2 is 1.62 bits per heavy atom. The molecule has 1 heterocycles. The Kier molecular flexibility index (Phi) is 4.71. The lowest BCUT2D eigenvalue weighted by Gasteiger charge is -2.12. The standard InChI is InChI=1S/C17H15BrN2O4/c1-21-13-8-10(9-14(22-2)15(13)23-3)16-19-17(24-20-16)11-6-4-5-7-12(11)18/h4-9H,1-3H3. The van der Waals surface area contributed by atoms with Crippen LogP contribution in [0.1, 0.15) is 0 Å². The van der Waals surface area contributed by atoms with Crippen molar-refractivity contribution in [2.24, 2.45) is 0 Å². The summed E-state index contributed by atoms with van der Waals surface area (Å²) in [5, 5.41) is 4.05. The highest BCUT2D eigenvalue weighted by Crippen LogP contribution is 2.41. The van der Waals surface area contributed by atoms with E-state index in [9.17, 15) is 0 Å². The molecule has 124 valence electrons. The molecule has 7 heteroatoms. The van der Waals surface area contributed by atoms with Crippen molar-refractivity contribution in [2.75, 3.05) is 21.3 Å². The lowest BCUT2D eigenvalue weighted by molar-refractivity contribution is 0.324. The molecular formula is C17H15BrN2O4. The lowest BCUT2D eigenvalue weighted by atomic mass is 10.1. The molecule has 2 aromatic carbocycles. The Morgan fingerprint density at radius 3 is 2.21 bits per heavy atom. The first-order valence-corrected chi connectivity index (χ1v) is 7.86. The number of aromatic nitrogens is 2. The molecule has 0 atom stereocenters. The topological polar surface area (TPSA) is 66.6 Å². The minimum Gasteiger partial charge on any atom is -0.493 e. The summed E-state index contributed by atoms with van der Waals surface area (Å²) in [6.45, 7) is 0. The first kappa shape index (κ1) is 16.3. The Morgan fingerprint density at radius 1 is 0.958 bits per heavy atom. The summed E-state index contributed by atoms with van der Waals surface area (Å²) in [7, 11) is 4.67. The van der Waals surface area contributed by atoms with Crippen LogP contribution in [-0.2, 0) is 0 Å². The van der Waals surface area contributed by atoms with E-state index in [-0.39, 0.29) is 0 Å². The van der Waals surface area contributed by atoms with Gasteiger partial charge in [-0.3, -0.25) is 0 Å². The maximum atomic E-state index is 5.39. The molecule has 0 N–H and O–H groups in total. The summed E-state index contributed by atoms with van der Waals surface area (Å²) in [5.74, 6) is 2.42. The minimum atomic E-state index is 0.422.